The molecule has 1 fully saturated rings. The highest BCUT2D eigenvalue weighted by atomic mass is 35.5. The van der Waals surface area contributed by atoms with Gasteiger partial charge in [0.05, 0.1) is 24.9 Å². The average Bonchev–Trinajstić information content (AvgIpc) is 2.81. The van der Waals surface area contributed by atoms with E-state index in [2.05, 4.69) is 9.97 Å². The van der Waals surface area contributed by atoms with Gasteiger partial charge >= 0.3 is 0 Å². The van der Waals surface area contributed by atoms with Gasteiger partial charge in [0.1, 0.15) is 5.69 Å². The van der Waals surface area contributed by atoms with Crippen LogP contribution in [0, 0.1) is 0 Å². The fourth-order valence-corrected chi connectivity index (χ4v) is 3.43. The van der Waals surface area contributed by atoms with Crippen molar-refractivity contribution in [1.29, 1.82) is 0 Å². The van der Waals surface area contributed by atoms with E-state index in [0.717, 1.165) is 12.0 Å². The highest BCUT2D eigenvalue weighted by molar-refractivity contribution is 6.32. The van der Waals surface area contributed by atoms with E-state index in [1.165, 1.54) is 24.7 Å². The molecule has 164 valence electrons. The topological polar surface area (TPSA) is 84.9 Å². The molecule has 0 spiro atoms. The van der Waals surface area contributed by atoms with E-state index in [-0.39, 0.29) is 11.8 Å². The van der Waals surface area contributed by atoms with Crippen LogP contribution in [-0.2, 0) is 4.79 Å². The van der Waals surface area contributed by atoms with Gasteiger partial charge < -0.3 is 19.3 Å². The van der Waals surface area contributed by atoms with Gasteiger partial charge in [-0.15, -0.1) is 0 Å². The molecule has 0 radical (unpaired) electrons. The molecule has 0 bridgehead atoms. The molecule has 8 nitrogen and oxygen atoms in total. The Hall–Kier alpha value is -3.13. The molecule has 1 aromatic carbocycles. The van der Waals surface area contributed by atoms with E-state index in [1.807, 2.05) is 6.92 Å². The minimum absolute atomic E-state index is 0.131. The first-order valence-electron chi connectivity index (χ1n) is 10.1. The molecule has 2 heterocycles. The summed E-state index contributed by atoms with van der Waals surface area (Å²) >= 11 is 6.33. The van der Waals surface area contributed by atoms with E-state index >= 15 is 0 Å². The van der Waals surface area contributed by atoms with E-state index in [0.29, 0.717) is 55.0 Å². The SMILES string of the molecule is CCCOc1c(Cl)cc(/C=C/C(=O)N2CCN(C(=O)c3cnccn3)CC2)cc1OC. The molecule has 0 saturated carbocycles. The third-order valence-corrected chi connectivity index (χ3v) is 5.06. The van der Waals surface area contributed by atoms with Crippen LogP contribution in [-0.4, -0.2) is 71.5 Å². The quantitative estimate of drug-likeness (QED) is 0.610. The molecule has 9 heteroatoms. The molecular weight excluding hydrogens is 420 g/mol. The van der Waals surface area contributed by atoms with Crippen molar-refractivity contribution < 1.29 is 19.1 Å². The van der Waals surface area contributed by atoms with Crippen LogP contribution in [0.4, 0.5) is 0 Å². The van der Waals surface area contributed by atoms with E-state index < -0.39 is 0 Å². The largest absolute Gasteiger partial charge is 0.493 e. The molecule has 0 aliphatic carbocycles. The Kier molecular flexibility index (Phi) is 7.83. The second kappa shape index (κ2) is 10.8. The molecule has 1 aliphatic rings. The van der Waals surface area contributed by atoms with Crippen LogP contribution in [0.15, 0.2) is 36.8 Å². The summed E-state index contributed by atoms with van der Waals surface area (Å²) in [5.74, 6) is 0.707. The summed E-state index contributed by atoms with van der Waals surface area (Å²) in [6.45, 7) is 4.33. The van der Waals surface area contributed by atoms with Crippen LogP contribution >= 0.6 is 11.6 Å². The summed E-state index contributed by atoms with van der Waals surface area (Å²) in [7, 11) is 1.55. The number of benzene rings is 1. The number of hydrogen-bond acceptors (Lipinski definition) is 6. The second-order valence-corrected chi connectivity index (χ2v) is 7.33. The van der Waals surface area contributed by atoms with Crippen molar-refractivity contribution >= 4 is 29.5 Å². The summed E-state index contributed by atoms with van der Waals surface area (Å²) in [6.07, 6.45) is 8.50. The minimum atomic E-state index is -0.178. The number of ether oxygens (including phenoxy) is 2. The van der Waals surface area contributed by atoms with Gasteiger partial charge in [0, 0.05) is 44.6 Å². The number of aromatic nitrogens is 2. The highest BCUT2D eigenvalue weighted by Gasteiger charge is 2.24. The smallest absolute Gasteiger partial charge is 0.274 e. The lowest BCUT2D eigenvalue weighted by atomic mass is 10.1. The van der Waals surface area contributed by atoms with Crippen molar-refractivity contribution in [3.8, 4) is 11.5 Å². The molecule has 2 amide bonds. The first-order chi connectivity index (χ1) is 15.0. The third-order valence-electron chi connectivity index (χ3n) is 4.78. The zero-order valence-corrected chi connectivity index (χ0v) is 18.3. The van der Waals surface area contributed by atoms with Gasteiger partial charge in [-0.3, -0.25) is 14.6 Å². The highest BCUT2D eigenvalue weighted by Crippen LogP contribution is 2.36. The predicted molar refractivity (Wildman–Crippen MR) is 117 cm³/mol. The van der Waals surface area contributed by atoms with Gasteiger partial charge in [0.25, 0.3) is 5.91 Å². The molecule has 0 atom stereocenters. The zero-order valence-electron chi connectivity index (χ0n) is 17.6. The lowest BCUT2D eigenvalue weighted by Crippen LogP contribution is -2.50. The summed E-state index contributed by atoms with van der Waals surface area (Å²) in [5.41, 5.74) is 1.04. The second-order valence-electron chi connectivity index (χ2n) is 6.92. The van der Waals surface area contributed by atoms with Crippen molar-refractivity contribution in [3.05, 3.63) is 53.1 Å². The molecule has 0 N–H and O–H groups in total. The summed E-state index contributed by atoms with van der Waals surface area (Å²) < 4.78 is 11.0. The van der Waals surface area contributed by atoms with Crippen molar-refractivity contribution in [2.45, 2.75) is 13.3 Å². The third kappa shape index (κ3) is 5.73. The predicted octanol–water partition coefficient (Wildman–Crippen LogP) is 2.93. The Morgan fingerprint density at radius 1 is 1.16 bits per heavy atom. The Labute approximate surface area is 186 Å². The van der Waals surface area contributed by atoms with Gasteiger partial charge in [-0.2, -0.15) is 0 Å². The van der Waals surface area contributed by atoms with Gasteiger partial charge in [0.2, 0.25) is 5.91 Å². The standard InChI is InChI=1S/C22H25ClN4O4/c1-3-12-31-21-17(23)13-16(14-19(21)30-2)4-5-20(28)26-8-10-27(11-9-26)22(29)18-15-24-6-7-25-18/h4-7,13-15H,3,8-12H2,1-2H3/b5-4+. The lowest BCUT2D eigenvalue weighted by molar-refractivity contribution is -0.127. The monoisotopic (exact) mass is 444 g/mol. The molecular formula is C22H25ClN4O4. The lowest BCUT2D eigenvalue weighted by Gasteiger charge is -2.34. The first-order valence-corrected chi connectivity index (χ1v) is 10.4. The summed E-state index contributed by atoms with van der Waals surface area (Å²) in [4.78, 5) is 36.4. The van der Waals surface area contributed by atoms with Crippen molar-refractivity contribution in [3.63, 3.8) is 0 Å². The van der Waals surface area contributed by atoms with Gasteiger partial charge in [-0.1, -0.05) is 18.5 Å². The maximum Gasteiger partial charge on any atom is 0.274 e. The molecule has 31 heavy (non-hydrogen) atoms. The zero-order chi connectivity index (χ0) is 22.2. The normalized spacial score (nSPS) is 14.0. The molecule has 2 aromatic rings. The van der Waals surface area contributed by atoms with Crippen LogP contribution in [0.2, 0.25) is 5.02 Å². The van der Waals surface area contributed by atoms with E-state index in [4.69, 9.17) is 21.1 Å². The number of amides is 2. The number of carbonyl (C=O) groups is 2. The number of carbonyl (C=O) groups excluding carboxylic acids is 2. The van der Waals surface area contributed by atoms with Crippen molar-refractivity contribution in [2.75, 3.05) is 39.9 Å². The number of hydrogen-bond donors (Lipinski definition) is 0. The van der Waals surface area contributed by atoms with Gasteiger partial charge in [-0.25, -0.2) is 4.98 Å². The Morgan fingerprint density at radius 2 is 1.90 bits per heavy atom. The minimum Gasteiger partial charge on any atom is -0.493 e. The molecule has 1 aromatic heterocycles. The maximum absolute atomic E-state index is 12.6. The fraction of sp³-hybridized carbons (Fsp3) is 0.364. The summed E-state index contributed by atoms with van der Waals surface area (Å²) in [6, 6.07) is 3.51. The average molecular weight is 445 g/mol. The Morgan fingerprint density at radius 3 is 2.55 bits per heavy atom. The van der Waals surface area contributed by atoms with Crippen molar-refractivity contribution in [1.82, 2.24) is 19.8 Å². The van der Waals surface area contributed by atoms with Crippen LogP contribution < -0.4 is 9.47 Å². The van der Waals surface area contributed by atoms with Crippen LogP contribution in [0.1, 0.15) is 29.4 Å². The molecule has 3 rings (SSSR count). The van der Waals surface area contributed by atoms with Crippen LogP contribution in [0.3, 0.4) is 0 Å². The van der Waals surface area contributed by atoms with Gasteiger partial charge in [-0.05, 0) is 30.2 Å². The molecule has 0 unspecified atom stereocenters. The number of rotatable bonds is 7. The van der Waals surface area contributed by atoms with Crippen LogP contribution in [0.25, 0.3) is 6.08 Å². The number of methoxy groups -OCH3 is 1. The maximum atomic E-state index is 12.6. The Balaban J connectivity index is 1.59. The number of piperazine rings is 1. The van der Waals surface area contributed by atoms with E-state index in [1.54, 1.807) is 35.1 Å². The fourth-order valence-electron chi connectivity index (χ4n) is 3.15. The van der Waals surface area contributed by atoms with Crippen LogP contribution in [0.5, 0.6) is 11.5 Å². The number of halogens is 1. The first kappa shape index (κ1) is 22.6. The van der Waals surface area contributed by atoms with Gasteiger partial charge in [0.15, 0.2) is 11.5 Å². The van der Waals surface area contributed by atoms with Crippen molar-refractivity contribution in [2.24, 2.45) is 0 Å². The Bertz CT molecular complexity index is 944. The molecule has 1 aliphatic heterocycles. The van der Waals surface area contributed by atoms with E-state index in [9.17, 15) is 9.59 Å². The number of nitrogens with zero attached hydrogens (tertiary/aromatic N) is 4. The summed E-state index contributed by atoms with van der Waals surface area (Å²) in [5, 5.41) is 0.427. The molecule has 1 saturated heterocycles.